The van der Waals surface area contributed by atoms with E-state index in [-0.39, 0.29) is 18.2 Å². The number of ether oxygens (including phenoxy) is 1. The van der Waals surface area contributed by atoms with Crippen LogP contribution in [-0.2, 0) is 14.0 Å². The summed E-state index contributed by atoms with van der Waals surface area (Å²) in [6.07, 6.45) is 6.80. The van der Waals surface area contributed by atoms with E-state index in [1.165, 1.54) is 23.7 Å². The van der Waals surface area contributed by atoms with Crippen LogP contribution in [0.25, 0.3) is 0 Å². The molecule has 158 valence electrons. The SMILES string of the molecule is CC[Si](CC)(CC)O[C@H]1CCCC(=O)O[C@@H]([C@@H](C)CI)C/C=C(\C)C[C@@H]1C. The number of cyclic esters (lactones) is 1. The normalized spacial score (nSPS) is 29.1. The third-order valence-electron chi connectivity index (χ3n) is 6.34. The van der Waals surface area contributed by atoms with Gasteiger partial charge in [-0.25, -0.2) is 0 Å². The van der Waals surface area contributed by atoms with Crippen LogP contribution in [0.2, 0.25) is 18.1 Å². The van der Waals surface area contributed by atoms with E-state index in [0.29, 0.717) is 18.3 Å². The maximum atomic E-state index is 12.4. The van der Waals surface area contributed by atoms with Gasteiger partial charge in [0.2, 0.25) is 0 Å². The second kappa shape index (κ2) is 12.6. The van der Waals surface area contributed by atoms with Gasteiger partial charge in [0.15, 0.2) is 8.32 Å². The highest BCUT2D eigenvalue weighted by Gasteiger charge is 2.34. The molecule has 4 atom stereocenters. The minimum atomic E-state index is -1.64. The third kappa shape index (κ3) is 8.17. The molecule has 0 aromatic rings. The number of hydrogen-bond donors (Lipinski definition) is 0. The molecule has 0 unspecified atom stereocenters. The van der Waals surface area contributed by atoms with Gasteiger partial charge in [0.25, 0.3) is 0 Å². The van der Waals surface area contributed by atoms with Crippen LogP contribution in [-0.4, -0.2) is 30.9 Å². The Balaban J connectivity index is 2.96. The van der Waals surface area contributed by atoms with Crippen molar-refractivity contribution < 1.29 is 14.0 Å². The first kappa shape index (κ1) is 25.2. The summed E-state index contributed by atoms with van der Waals surface area (Å²) >= 11 is 2.39. The molecule has 0 aromatic carbocycles. The van der Waals surface area contributed by atoms with Crippen molar-refractivity contribution in [2.24, 2.45) is 11.8 Å². The summed E-state index contributed by atoms with van der Waals surface area (Å²) in [7, 11) is -1.64. The molecule has 0 spiro atoms. The number of carbonyl (C=O) groups is 1. The van der Waals surface area contributed by atoms with Crippen LogP contribution in [0.4, 0.5) is 0 Å². The Morgan fingerprint density at radius 2 is 1.93 bits per heavy atom. The fourth-order valence-electron chi connectivity index (χ4n) is 3.99. The first-order chi connectivity index (χ1) is 12.8. The van der Waals surface area contributed by atoms with Gasteiger partial charge in [0, 0.05) is 29.3 Å². The van der Waals surface area contributed by atoms with E-state index in [4.69, 9.17) is 9.16 Å². The molecular formula is C22H41IO3Si. The molecule has 27 heavy (non-hydrogen) atoms. The van der Waals surface area contributed by atoms with Gasteiger partial charge < -0.3 is 9.16 Å². The van der Waals surface area contributed by atoms with Gasteiger partial charge in [-0.05, 0) is 50.2 Å². The number of hydrogen-bond acceptors (Lipinski definition) is 3. The second-order valence-corrected chi connectivity index (χ2v) is 14.0. The summed E-state index contributed by atoms with van der Waals surface area (Å²) in [6, 6.07) is 3.53. The largest absolute Gasteiger partial charge is 0.462 e. The summed E-state index contributed by atoms with van der Waals surface area (Å²) in [6.45, 7) is 13.6. The van der Waals surface area contributed by atoms with Crippen LogP contribution >= 0.6 is 22.6 Å². The minimum Gasteiger partial charge on any atom is -0.462 e. The Labute approximate surface area is 182 Å². The van der Waals surface area contributed by atoms with Crippen molar-refractivity contribution >= 4 is 36.9 Å². The van der Waals surface area contributed by atoms with Gasteiger partial charge in [0.05, 0.1) is 0 Å². The van der Waals surface area contributed by atoms with Gasteiger partial charge in [-0.2, -0.15) is 0 Å². The maximum absolute atomic E-state index is 12.4. The standard InChI is InChI=1S/C22H41IO3Si/c1-7-27(8-2,9-3)26-21-11-10-12-22(24)25-20(19(6)16-23)14-13-17(4)15-18(21)5/h13,18-21H,7-12,14-16H2,1-6H3/b17-13+/t18-,19-,20+,21-/m0/s1. The predicted octanol–water partition coefficient (Wildman–Crippen LogP) is 6.91. The molecule has 0 radical (unpaired) electrons. The molecule has 5 heteroatoms. The zero-order valence-corrected chi connectivity index (χ0v) is 21.5. The summed E-state index contributed by atoms with van der Waals surface area (Å²) < 4.78 is 13.7. The van der Waals surface area contributed by atoms with Crippen molar-refractivity contribution in [3.8, 4) is 0 Å². The topological polar surface area (TPSA) is 35.5 Å². The Kier molecular flexibility index (Phi) is 11.8. The first-order valence-electron chi connectivity index (χ1n) is 10.9. The molecule has 0 fully saturated rings. The van der Waals surface area contributed by atoms with Crippen LogP contribution in [0.15, 0.2) is 11.6 Å². The summed E-state index contributed by atoms with van der Waals surface area (Å²) in [4.78, 5) is 12.4. The predicted molar refractivity (Wildman–Crippen MR) is 126 cm³/mol. The Hall–Kier alpha value is 0.117. The van der Waals surface area contributed by atoms with Crippen LogP contribution in [0.5, 0.6) is 0 Å². The lowest BCUT2D eigenvalue weighted by atomic mass is 9.91. The summed E-state index contributed by atoms with van der Waals surface area (Å²) in [5.74, 6) is 0.841. The average molecular weight is 509 g/mol. The highest BCUT2D eigenvalue weighted by atomic mass is 127. The summed E-state index contributed by atoms with van der Waals surface area (Å²) in [5.41, 5.74) is 1.40. The molecule has 0 aromatic heterocycles. The van der Waals surface area contributed by atoms with E-state index in [9.17, 15) is 4.79 Å². The van der Waals surface area contributed by atoms with Crippen LogP contribution < -0.4 is 0 Å². The quantitative estimate of drug-likeness (QED) is 0.123. The highest BCUT2D eigenvalue weighted by molar-refractivity contribution is 14.1. The average Bonchev–Trinajstić information content (AvgIpc) is 2.66. The van der Waals surface area contributed by atoms with Crippen LogP contribution in [0, 0.1) is 11.8 Å². The molecule has 3 nitrogen and oxygen atoms in total. The fourth-order valence-corrected chi connectivity index (χ4v) is 7.55. The van der Waals surface area contributed by atoms with Gasteiger partial charge in [0.1, 0.15) is 6.10 Å². The van der Waals surface area contributed by atoms with E-state index < -0.39 is 8.32 Å². The Bertz CT molecular complexity index is 468. The van der Waals surface area contributed by atoms with E-state index in [1.807, 2.05) is 0 Å². The number of carbonyl (C=O) groups excluding carboxylic acids is 1. The third-order valence-corrected chi connectivity index (χ3v) is 12.4. The number of allylic oxidation sites excluding steroid dienone is 1. The molecule has 0 saturated heterocycles. The van der Waals surface area contributed by atoms with Crippen molar-refractivity contribution in [3.05, 3.63) is 11.6 Å². The minimum absolute atomic E-state index is 0.00598. The van der Waals surface area contributed by atoms with Crippen LogP contribution in [0.3, 0.4) is 0 Å². The smallest absolute Gasteiger partial charge is 0.306 e. The van der Waals surface area contributed by atoms with Crippen molar-refractivity contribution in [2.75, 3.05) is 4.43 Å². The molecule has 1 aliphatic heterocycles. The second-order valence-electron chi connectivity index (χ2n) is 8.42. The van der Waals surface area contributed by atoms with E-state index in [1.54, 1.807) is 0 Å². The molecule has 0 amide bonds. The Morgan fingerprint density at radius 3 is 2.48 bits per heavy atom. The molecule has 1 aliphatic rings. The number of halogens is 1. The van der Waals surface area contributed by atoms with E-state index >= 15 is 0 Å². The maximum Gasteiger partial charge on any atom is 0.306 e. The highest BCUT2D eigenvalue weighted by Crippen LogP contribution is 2.31. The van der Waals surface area contributed by atoms with Gasteiger partial charge >= 0.3 is 5.97 Å². The number of esters is 1. The van der Waals surface area contributed by atoms with Crippen LogP contribution in [0.1, 0.15) is 73.6 Å². The molecule has 0 saturated carbocycles. The number of rotatable bonds is 7. The molecule has 0 aliphatic carbocycles. The fraction of sp³-hybridized carbons (Fsp3) is 0.864. The molecule has 0 N–H and O–H groups in total. The van der Waals surface area contributed by atoms with Crippen molar-refractivity contribution in [1.82, 2.24) is 0 Å². The van der Waals surface area contributed by atoms with Gasteiger partial charge in [-0.15, -0.1) is 0 Å². The Morgan fingerprint density at radius 1 is 1.30 bits per heavy atom. The van der Waals surface area contributed by atoms with E-state index in [2.05, 4.69) is 70.2 Å². The van der Waals surface area contributed by atoms with Crippen molar-refractivity contribution in [2.45, 2.75) is 104 Å². The molecule has 0 bridgehead atoms. The van der Waals surface area contributed by atoms with E-state index in [0.717, 1.165) is 30.1 Å². The van der Waals surface area contributed by atoms with Gasteiger partial charge in [-0.1, -0.05) is 68.9 Å². The zero-order chi connectivity index (χ0) is 20.4. The molecule has 1 heterocycles. The molecular weight excluding hydrogens is 467 g/mol. The zero-order valence-electron chi connectivity index (χ0n) is 18.4. The molecule has 1 rings (SSSR count). The summed E-state index contributed by atoms with van der Waals surface area (Å²) in [5, 5.41) is 0. The lowest BCUT2D eigenvalue weighted by Crippen LogP contribution is -2.42. The monoisotopic (exact) mass is 508 g/mol. The number of alkyl halides is 1. The lowest BCUT2D eigenvalue weighted by molar-refractivity contribution is -0.151. The lowest BCUT2D eigenvalue weighted by Gasteiger charge is -2.36. The van der Waals surface area contributed by atoms with Crippen molar-refractivity contribution in [3.63, 3.8) is 0 Å². The van der Waals surface area contributed by atoms with Gasteiger partial charge in [-0.3, -0.25) is 4.79 Å². The van der Waals surface area contributed by atoms with Crippen molar-refractivity contribution in [1.29, 1.82) is 0 Å². The first-order valence-corrected chi connectivity index (χ1v) is 14.9.